The minimum absolute atomic E-state index is 0.229. The van der Waals surface area contributed by atoms with Gasteiger partial charge < -0.3 is 223 Å². The summed E-state index contributed by atoms with van der Waals surface area (Å²) in [4.78, 5) is 10.3. The van der Waals surface area contributed by atoms with E-state index < -0.39 is 5.97 Å². The Morgan fingerprint density at radius 2 is 0.149 bits per heavy atom. The largest absolute Gasteiger partial charge is 0.480 e. The highest BCUT2D eigenvalue weighted by molar-refractivity contribution is 5.67. The fourth-order valence-electron chi connectivity index (χ4n) is 9.98. The van der Waals surface area contributed by atoms with Gasteiger partial charge in [0.2, 0.25) is 0 Å². The first-order valence-corrected chi connectivity index (χ1v) is 50.0. The molecular weight excluding hydrogens is 1880 g/mol. The third-order valence-corrected chi connectivity index (χ3v) is 17.0. The van der Waals surface area contributed by atoms with E-state index in [0.29, 0.717) is 588 Å². The zero-order valence-corrected chi connectivity index (χ0v) is 85.5. The van der Waals surface area contributed by atoms with Gasteiger partial charge in [-0.2, -0.15) is 0 Å². The fraction of sp³-hybridized carbons (Fsp3) is 0.989. The van der Waals surface area contributed by atoms with Crippen molar-refractivity contribution in [2.75, 3.05) is 608 Å². The summed E-state index contributed by atoms with van der Waals surface area (Å²) in [7, 11) is 1.64. The van der Waals surface area contributed by atoms with Crippen molar-refractivity contribution in [3.8, 4) is 0 Å². The van der Waals surface area contributed by atoms with Crippen molar-refractivity contribution in [1.29, 1.82) is 0 Å². The van der Waals surface area contributed by atoms with E-state index in [4.69, 9.17) is 223 Å². The summed E-state index contributed by atoms with van der Waals surface area (Å²) in [6, 6.07) is 0. The predicted octanol–water partition coefficient (Wildman–Crippen LogP) is 0.464. The lowest BCUT2D eigenvalue weighted by molar-refractivity contribution is -0.142. The third-order valence-electron chi connectivity index (χ3n) is 17.0. The molecule has 0 aromatic heterocycles. The molecule has 0 saturated heterocycles. The molecule has 0 unspecified atom stereocenters. The van der Waals surface area contributed by atoms with Gasteiger partial charge in [-0.05, 0) is 0 Å². The Bertz CT molecular complexity index is 1970. The second-order valence-corrected chi connectivity index (χ2v) is 28.4. The zero-order chi connectivity index (χ0) is 100. The summed E-state index contributed by atoms with van der Waals surface area (Å²) in [5.41, 5.74) is 0. The molecule has 846 valence electrons. The van der Waals surface area contributed by atoms with E-state index in [-0.39, 0.29) is 13.2 Å². The Hall–Kier alpha value is -2.37. The first kappa shape index (κ1) is 139. The van der Waals surface area contributed by atoms with Crippen LogP contribution in [0.2, 0.25) is 0 Å². The van der Waals surface area contributed by atoms with Crippen molar-refractivity contribution >= 4 is 5.97 Å². The van der Waals surface area contributed by atoms with E-state index in [2.05, 4.69) is 0 Å². The molecule has 0 spiro atoms. The van der Waals surface area contributed by atoms with Crippen LogP contribution in [0.3, 0.4) is 0 Å². The van der Waals surface area contributed by atoms with E-state index in [0.717, 1.165) is 0 Å². The maximum Gasteiger partial charge on any atom is 0.329 e. The molecule has 48 heteroatoms. The van der Waals surface area contributed by atoms with Crippen molar-refractivity contribution in [3.05, 3.63) is 0 Å². The van der Waals surface area contributed by atoms with Crippen molar-refractivity contribution in [1.82, 2.24) is 0 Å². The van der Waals surface area contributed by atoms with Crippen LogP contribution in [0.15, 0.2) is 0 Å². The Balaban J connectivity index is 3.11. The lowest BCUT2D eigenvalue weighted by Crippen LogP contribution is -2.16. The monoisotopic (exact) mass is 2070 g/mol. The second-order valence-electron chi connectivity index (χ2n) is 28.4. The van der Waals surface area contributed by atoms with Crippen LogP contribution >= 0.6 is 0 Å². The number of carboxylic acid groups (broad SMARTS) is 1. The smallest absolute Gasteiger partial charge is 0.329 e. The molecule has 0 heterocycles. The van der Waals surface area contributed by atoms with Crippen LogP contribution in [-0.2, 0) is 223 Å². The SMILES string of the molecule is COCCOCCOCCOCCOCCOCCOCCOCCOCCOCCOCCOCCOCCOCCOCCOCCOCCOCCOCCOCCOCCOCCOCCOCCOCCOCCOCCOCCOCCOCCOCCOCCOCCOCCOCCOCCOCCOCCOCCOCCOCCOCCOCCOCCOCCOCC(=O)O. The molecular formula is C93H186O48. The molecule has 0 aliphatic carbocycles. The molecule has 0 rings (SSSR count). The molecule has 1 N–H and O–H groups in total. The molecule has 0 aromatic rings. The lowest BCUT2D eigenvalue weighted by atomic mass is 10.6. The van der Waals surface area contributed by atoms with Gasteiger partial charge in [-0.1, -0.05) is 0 Å². The summed E-state index contributed by atoms with van der Waals surface area (Å²) in [5, 5.41) is 8.48. The molecule has 141 heavy (non-hydrogen) atoms. The van der Waals surface area contributed by atoms with Gasteiger partial charge in [-0.3, -0.25) is 0 Å². The van der Waals surface area contributed by atoms with E-state index in [1.165, 1.54) is 0 Å². The normalized spacial score (nSPS) is 11.8. The number of carboxylic acids is 1. The Morgan fingerprint density at radius 3 is 0.199 bits per heavy atom. The van der Waals surface area contributed by atoms with Gasteiger partial charge in [0.15, 0.2) is 0 Å². The van der Waals surface area contributed by atoms with Crippen LogP contribution in [-0.4, -0.2) is 619 Å². The van der Waals surface area contributed by atoms with Gasteiger partial charge in [-0.25, -0.2) is 4.79 Å². The Morgan fingerprint density at radius 1 is 0.0993 bits per heavy atom. The van der Waals surface area contributed by atoms with Crippen LogP contribution in [0, 0.1) is 0 Å². The highest BCUT2D eigenvalue weighted by Crippen LogP contribution is 1.98. The Kier molecular flexibility index (Phi) is 133. The molecule has 0 radical (unpaired) electrons. The number of methoxy groups -OCH3 is 1. The molecule has 0 saturated carbocycles. The molecule has 48 nitrogen and oxygen atoms in total. The number of ether oxygens (including phenoxy) is 46. The molecule has 0 atom stereocenters. The third kappa shape index (κ3) is 138. The number of carbonyl (C=O) groups is 1. The topological polar surface area (TPSA) is 462 Å². The Labute approximate surface area is 838 Å². The summed E-state index contributed by atoms with van der Waals surface area (Å²) >= 11 is 0. The van der Waals surface area contributed by atoms with Gasteiger partial charge in [0.25, 0.3) is 0 Å². The molecule has 0 aliphatic rings. The van der Waals surface area contributed by atoms with Gasteiger partial charge in [0.1, 0.15) is 6.61 Å². The maximum atomic E-state index is 10.3. The highest BCUT2D eigenvalue weighted by atomic mass is 16.7. The van der Waals surface area contributed by atoms with E-state index in [9.17, 15) is 4.79 Å². The summed E-state index contributed by atoms with van der Waals surface area (Å²) in [6.45, 7) is 42.2. The predicted molar refractivity (Wildman–Crippen MR) is 506 cm³/mol. The van der Waals surface area contributed by atoms with Crippen LogP contribution in [0.5, 0.6) is 0 Å². The van der Waals surface area contributed by atoms with Crippen molar-refractivity contribution < 1.29 is 228 Å². The molecule has 0 fully saturated rings. The summed E-state index contributed by atoms with van der Waals surface area (Å²) in [5.74, 6) is -1.00. The summed E-state index contributed by atoms with van der Waals surface area (Å²) in [6.07, 6.45) is 0. The lowest BCUT2D eigenvalue weighted by Gasteiger charge is -2.09. The van der Waals surface area contributed by atoms with Crippen LogP contribution in [0.1, 0.15) is 0 Å². The maximum absolute atomic E-state index is 10.3. The number of aliphatic carboxylic acids is 1. The van der Waals surface area contributed by atoms with Crippen LogP contribution < -0.4 is 0 Å². The number of rotatable bonds is 137. The molecule has 0 aromatic carbocycles. The average Bonchev–Trinajstić information content (AvgIpc) is 1.11. The first-order chi connectivity index (χ1) is 70.3. The fourth-order valence-corrected chi connectivity index (χ4v) is 9.98. The molecule has 0 amide bonds. The number of hydrogen-bond acceptors (Lipinski definition) is 47. The van der Waals surface area contributed by atoms with Gasteiger partial charge >= 0.3 is 5.97 Å². The van der Waals surface area contributed by atoms with Crippen molar-refractivity contribution in [2.24, 2.45) is 0 Å². The second kappa shape index (κ2) is 136. The van der Waals surface area contributed by atoms with Crippen molar-refractivity contribution in [2.45, 2.75) is 0 Å². The summed E-state index contributed by atoms with van der Waals surface area (Å²) < 4.78 is 252. The first-order valence-electron chi connectivity index (χ1n) is 50.0. The average molecular weight is 2070 g/mol. The standard InChI is InChI=1S/C93H186O48/c1-96-2-3-97-4-5-98-6-7-99-8-9-100-10-11-101-12-13-102-14-15-103-16-17-104-18-19-105-20-21-106-22-23-107-24-25-108-26-27-109-28-29-110-30-31-111-32-33-112-34-35-113-36-37-114-38-39-115-40-41-116-42-43-117-44-45-118-46-47-119-48-49-120-50-51-121-52-53-122-54-55-123-56-57-124-58-59-125-60-61-126-62-63-127-64-65-128-66-67-129-68-69-130-70-71-131-72-73-132-74-75-133-76-77-134-78-79-135-80-81-136-82-83-137-84-85-138-86-87-139-88-89-140-90-91-141-92-93(94)95/h2-92H2,1H3,(H,94,95). The quantitative estimate of drug-likeness (QED) is 0.0808. The van der Waals surface area contributed by atoms with Gasteiger partial charge in [0, 0.05) is 7.11 Å². The highest BCUT2D eigenvalue weighted by Gasteiger charge is 2.07. The zero-order valence-electron chi connectivity index (χ0n) is 85.5. The van der Waals surface area contributed by atoms with Crippen molar-refractivity contribution in [3.63, 3.8) is 0 Å². The minimum atomic E-state index is -1.00. The van der Waals surface area contributed by atoms with E-state index >= 15 is 0 Å². The van der Waals surface area contributed by atoms with Gasteiger partial charge in [-0.15, -0.1) is 0 Å². The van der Waals surface area contributed by atoms with Gasteiger partial charge in [0.05, 0.1) is 595 Å². The number of hydrogen-bond donors (Lipinski definition) is 1. The van der Waals surface area contributed by atoms with E-state index in [1.54, 1.807) is 7.11 Å². The minimum Gasteiger partial charge on any atom is -0.480 e. The van der Waals surface area contributed by atoms with E-state index in [1.807, 2.05) is 0 Å². The van der Waals surface area contributed by atoms with Crippen LogP contribution in [0.25, 0.3) is 0 Å². The molecule has 0 bridgehead atoms. The molecule has 0 aliphatic heterocycles. The van der Waals surface area contributed by atoms with Crippen LogP contribution in [0.4, 0.5) is 0 Å².